The van der Waals surface area contributed by atoms with Gasteiger partial charge in [0, 0.05) is 11.5 Å². The van der Waals surface area contributed by atoms with Crippen LogP contribution in [0.1, 0.15) is 74.5 Å². The molecule has 4 nitrogen and oxygen atoms in total. The summed E-state index contributed by atoms with van der Waals surface area (Å²) >= 11 is 0. The molecule has 0 aliphatic carbocycles. The smallest absolute Gasteiger partial charge is 0.419 e. The summed E-state index contributed by atoms with van der Waals surface area (Å²) in [5, 5.41) is 3.85. The second-order valence-corrected chi connectivity index (χ2v) is 8.71. The molecular formula is C26H28F6N2O2. The molecule has 1 atom stereocenters. The second kappa shape index (κ2) is 11.8. The average molecular weight is 515 g/mol. The zero-order valence-electron chi connectivity index (χ0n) is 20.0. The van der Waals surface area contributed by atoms with E-state index in [9.17, 15) is 26.3 Å². The first-order chi connectivity index (χ1) is 17.0. The van der Waals surface area contributed by atoms with Crippen LogP contribution in [0, 0.1) is 0 Å². The lowest BCUT2D eigenvalue weighted by Crippen LogP contribution is -2.10. The van der Waals surface area contributed by atoms with E-state index >= 15 is 0 Å². The van der Waals surface area contributed by atoms with Gasteiger partial charge in [-0.25, -0.2) is 0 Å². The van der Waals surface area contributed by atoms with E-state index in [1.807, 2.05) is 6.92 Å². The molecule has 196 valence electrons. The molecule has 0 aliphatic heterocycles. The second-order valence-electron chi connectivity index (χ2n) is 8.71. The molecule has 36 heavy (non-hydrogen) atoms. The van der Waals surface area contributed by atoms with Gasteiger partial charge < -0.3 is 9.26 Å². The number of benzene rings is 2. The quantitative estimate of drug-likeness (QED) is 0.190. The molecule has 0 radical (unpaired) electrons. The Labute approximate surface area is 205 Å². The SMILES string of the molecule is CCCCC(C)c1nc(-c2ccc(OCCCCc3ccc(C(F)(F)F)cc3)c(C(F)(F)F)c2)no1. The summed E-state index contributed by atoms with van der Waals surface area (Å²) < 4.78 is 89.7. The fourth-order valence-electron chi connectivity index (χ4n) is 3.68. The molecular weight excluding hydrogens is 486 g/mol. The van der Waals surface area contributed by atoms with Crippen LogP contribution in [0.2, 0.25) is 0 Å². The van der Waals surface area contributed by atoms with Gasteiger partial charge in [0.1, 0.15) is 5.75 Å². The summed E-state index contributed by atoms with van der Waals surface area (Å²) in [5.41, 5.74) is -0.768. The minimum atomic E-state index is -4.65. The van der Waals surface area contributed by atoms with Crippen molar-refractivity contribution in [3.05, 3.63) is 65.0 Å². The van der Waals surface area contributed by atoms with Gasteiger partial charge >= 0.3 is 12.4 Å². The number of ether oxygens (including phenoxy) is 1. The molecule has 0 saturated heterocycles. The minimum absolute atomic E-state index is 0.0125. The summed E-state index contributed by atoms with van der Waals surface area (Å²) in [6.07, 6.45) is -4.73. The van der Waals surface area contributed by atoms with Crippen molar-refractivity contribution in [1.29, 1.82) is 0 Å². The standard InChI is InChI=1S/C26H28F6N2O2/c1-3-4-7-17(2)24-33-23(34-36-24)19-11-14-22(21(16-19)26(30,31)32)35-15-6-5-8-18-9-12-20(13-10-18)25(27,28)29/h9-14,16-17H,3-8,15H2,1-2H3. The van der Waals surface area contributed by atoms with Crippen LogP contribution in [0.5, 0.6) is 5.75 Å². The molecule has 1 aromatic heterocycles. The van der Waals surface area contributed by atoms with Crippen molar-refractivity contribution in [2.24, 2.45) is 0 Å². The van der Waals surface area contributed by atoms with Gasteiger partial charge in [-0.1, -0.05) is 44.0 Å². The Kier molecular flexibility index (Phi) is 9.03. The first kappa shape index (κ1) is 27.5. The van der Waals surface area contributed by atoms with E-state index in [4.69, 9.17) is 9.26 Å². The molecule has 0 bridgehead atoms. The minimum Gasteiger partial charge on any atom is -0.493 e. The van der Waals surface area contributed by atoms with Gasteiger partial charge in [-0.15, -0.1) is 0 Å². The van der Waals surface area contributed by atoms with Gasteiger partial charge in [-0.3, -0.25) is 0 Å². The highest BCUT2D eigenvalue weighted by molar-refractivity contribution is 5.59. The maximum atomic E-state index is 13.7. The monoisotopic (exact) mass is 514 g/mol. The highest BCUT2D eigenvalue weighted by Crippen LogP contribution is 2.39. The summed E-state index contributed by atoms with van der Waals surface area (Å²) in [6, 6.07) is 8.48. The van der Waals surface area contributed by atoms with Crippen LogP contribution in [-0.4, -0.2) is 16.7 Å². The first-order valence-corrected chi connectivity index (χ1v) is 11.8. The number of hydrogen-bond acceptors (Lipinski definition) is 4. The van der Waals surface area contributed by atoms with E-state index in [2.05, 4.69) is 17.1 Å². The van der Waals surface area contributed by atoms with Gasteiger partial charge in [-0.05, 0) is 61.6 Å². The molecule has 3 rings (SSSR count). The lowest BCUT2D eigenvalue weighted by molar-refractivity contribution is -0.139. The third-order valence-electron chi connectivity index (χ3n) is 5.80. The van der Waals surface area contributed by atoms with Crippen LogP contribution >= 0.6 is 0 Å². The molecule has 0 spiro atoms. The maximum absolute atomic E-state index is 13.7. The maximum Gasteiger partial charge on any atom is 0.419 e. The van der Waals surface area contributed by atoms with Gasteiger partial charge in [-0.2, -0.15) is 31.3 Å². The Bertz CT molecular complexity index is 1110. The Morgan fingerprint density at radius 1 is 0.917 bits per heavy atom. The van der Waals surface area contributed by atoms with Crippen LogP contribution in [0.25, 0.3) is 11.4 Å². The number of rotatable bonds is 11. The van der Waals surface area contributed by atoms with Crippen molar-refractivity contribution in [1.82, 2.24) is 10.1 Å². The summed E-state index contributed by atoms with van der Waals surface area (Å²) in [4.78, 5) is 4.27. The third-order valence-corrected chi connectivity index (χ3v) is 5.80. The van der Waals surface area contributed by atoms with E-state index in [1.54, 1.807) is 0 Å². The van der Waals surface area contributed by atoms with Crippen molar-refractivity contribution in [3.8, 4) is 17.1 Å². The number of alkyl halides is 6. The normalized spacial score (nSPS) is 13.1. The number of aryl methyl sites for hydroxylation is 1. The van der Waals surface area contributed by atoms with Crippen LogP contribution in [0.3, 0.4) is 0 Å². The topological polar surface area (TPSA) is 48.2 Å². The van der Waals surface area contributed by atoms with E-state index in [1.165, 1.54) is 24.3 Å². The van der Waals surface area contributed by atoms with Crippen LogP contribution in [-0.2, 0) is 18.8 Å². The van der Waals surface area contributed by atoms with Crippen LogP contribution < -0.4 is 4.74 Å². The number of hydrogen-bond donors (Lipinski definition) is 0. The average Bonchev–Trinajstić information content (AvgIpc) is 3.32. The Morgan fingerprint density at radius 3 is 2.28 bits per heavy atom. The molecule has 3 aromatic rings. The third kappa shape index (κ3) is 7.48. The van der Waals surface area contributed by atoms with Crippen LogP contribution in [0.4, 0.5) is 26.3 Å². The predicted molar refractivity (Wildman–Crippen MR) is 123 cm³/mol. The molecule has 0 N–H and O–H groups in total. The van der Waals surface area contributed by atoms with E-state index in [-0.39, 0.29) is 29.7 Å². The van der Waals surface area contributed by atoms with Gasteiger partial charge in [0.25, 0.3) is 0 Å². The first-order valence-electron chi connectivity index (χ1n) is 11.8. The molecule has 0 fully saturated rings. The number of nitrogens with zero attached hydrogens (tertiary/aromatic N) is 2. The molecule has 2 aromatic carbocycles. The molecule has 0 saturated carbocycles. The van der Waals surface area contributed by atoms with E-state index in [0.29, 0.717) is 30.7 Å². The molecule has 0 aliphatic rings. The summed E-state index contributed by atoms with van der Waals surface area (Å²) in [6.45, 7) is 4.03. The lowest BCUT2D eigenvalue weighted by atomic mass is 10.0. The predicted octanol–water partition coefficient (Wildman–Crippen LogP) is 8.47. The number of unbranched alkanes of at least 4 members (excludes halogenated alkanes) is 2. The van der Waals surface area contributed by atoms with Crippen molar-refractivity contribution in [2.45, 2.75) is 70.6 Å². The van der Waals surface area contributed by atoms with Crippen molar-refractivity contribution >= 4 is 0 Å². The molecule has 0 amide bonds. The van der Waals surface area contributed by atoms with Crippen LogP contribution in [0.15, 0.2) is 47.0 Å². The zero-order valence-corrected chi connectivity index (χ0v) is 20.0. The van der Waals surface area contributed by atoms with Crippen molar-refractivity contribution in [2.75, 3.05) is 6.61 Å². The van der Waals surface area contributed by atoms with E-state index in [0.717, 1.165) is 37.5 Å². The molecule has 1 heterocycles. The summed E-state index contributed by atoms with van der Waals surface area (Å²) in [5.74, 6) is 0.182. The fraction of sp³-hybridized carbons (Fsp3) is 0.462. The summed E-state index contributed by atoms with van der Waals surface area (Å²) in [7, 11) is 0. The highest BCUT2D eigenvalue weighted by Gasteiger charge is 2.35. The molecule has 10 heteroatoms. The zero-order chi connectivity index (χ0) is 26.3. The lowest BCUT2D eigenvalue weighted by Gasteiger charge is -2.15. The fourth-order valence-corrected chi connectivity index (χ4v) is 3.68. The Balaban J connectivity index is 1.60. The van der Waals surface area contributed by atoms with Crippen molar-refractivity contribution < 1.29 is 35.6 Å². The Hall–Kier alpha value is -3.04. The Morgan fingerprint density at radius 2 is 1.64 bits per heavy atom. The van der Waals surface area contributed by atoms with Gasteiger partial charge in [0.2, 0.25) is 11.7 Å². The van der Waals surface area contributed by atoms with Crippen molar-refractivity contribution in [3.63, 3.8) is 0 Å². The van der Waals surface area contributed by atoms with Gasteiger partial charge in [0.05, 0.1) is 17.7 Å². The number of aromatic nitrogens is 2. The highest BCUT2D eigenvalue weighted by atomic mass is 19.4. The molecule has 1 unspecified atom stereocenters. The largest absolute Gasteiger partial charge is 0.493 e. The van der Waals surface area contributed by atoms with E-state index < -0.39 is 23.5 Å². The van der Waals surface area contributed by atoms with Gasteiger partial charge in [0.15, 0.2) is 0 Å². The number of halogens is 6.